The van der Waals surface area contributed by atoms with Crippen LogP contribution in [-0.4, -0.2) is 6.09 Å². The minimum atomic E-state index is -0.546. The van der Waals surface area contributed by atoms with Crippen molar-refractivity contribution in [1.82, 2.24) is 0 Å². The topological polar surface area (TPSA) is 38.3 Å². The van der Waals surface area contributed by atoms with Crippen LogP contribution in [0, 0.1) is 0 Å². The molecule has 0 saturated carbocycles. The van der Waals surface area contributed by atoms with Crippen LogP contribution in [0.5, 0.6) is 5.75 Å². The Morgan fingerprint density at radius 2 is 1.89 bits per heavy atom. The first-order chi connectivity index (χ1) is 8.65. The normalized spacial score (nSPS) is 9.89. The van der Waals surface area contributed by atoms with E-state index in [0.717, 1.165) is 0 Å². The zero-order valence-corrected chi connectivity index (χ0v) is 11.5. The third-order valence-corrected chi connectivity index (χ3v) is 3.33. The molecular formula is C13H9BrClNO2. The smallest absolute Gasteiger partial charge is 0.410 e. The molecule has 0 unspecified atom stereocenters. The first kappa shape index (κ1) is 12.9. The van der Waals surface area contributed by atoms with E-state index in [4.69, 9.17) is 16.3 Å². The molecule has 0 saturated heterocycles. The molecule has 0 aromatic heterocycles. The molecule has 2 aromatic rings. The van der Waals surface area contributed by atoms with Crippen LogP contribution in [0.15, 0.2) is 53.0 Å². The predicted molar refractivity (Wildman–Crippen MR) is 75.2 cm³/mol. The van der Waals surface area contributed by atoms with Crippen molar-refractivity contribution >= 4 is 39.3 Å². The van der Waals surface area contributed by atoms with E-state index in [0.29, 0.717) is 20.9 Å². The van der Waals surface area contributed by atoms with Crippen molar-refractivity contribution in [3.63, 3.8) is 0 Å². The summed E-state index contributed by atoms with van der Waals surface area (Å²) in [5.74, 6) is 0.489. The Morgan fingerprint density at radius 1 is 1.17 bits per heavy atom. The van der Waals surface area contributed by atoms with E-state index in [2.05, 4.69) is 21.2 Å². The number of rotatable bonds is 2. The van der Waals surface area contributed by atoms with E-state index < -0.39 is 6.09 Å². The fourth-order valence-electron chi connectivity index (χ4n) is 1.31. The molecule has 0 atom stereocenters. The zero-order valence-electron chi connectivity index (χ0n) is 9.19. The van der Waals surface area contributed by atoms with Crippen molar-refractivity contribution in [1.29, 1.82) is 0 Å². The Morgan fingerprint density at radius 3 is 2.56 bits per heavy atom. The number of hydrogen-bond acceptors (Lipinski definition) is 2. The molecule has 0 aliphatic rings. The molecule has 92 valence electrons. The third kappa shape index (κ3) is 3.48. The molecule has 0 radical (unpaired) electrons. The molecule has 2 rings (SSSR count). The van der Waals surface area contributed by atoms with Crippen LogP contribution in [-0.2, 0) is 0 Å². The highest BCUT2D eigenvalue weighted by Crippen LogP contribution is 2.25. The van der Waals surface area contributed by atoms with Gasteiger partial charge in [0.2, 0.25) is 0 Å². The zero-order chi connectivity index (χ0) is 13.0. The van der Waals surface area contributed by atoms with Gasteiger partial charge in [0.15, 0.2) is 0 Å². The number of ether oxygens (including phenoxy) is 1. The highest BCUT2D eigenvalue weighted by atomic mass is 79.9. The van der Waals surface area contributed by atoms with Crippen LogP contribution >= 0.6 is 27.5 Å². The Bertz CT molecular complexity index is 560. The number of para-hydroxylation sites is 1. The van der Waals surface area contributed by atoms with Gasteiger partial charge in [-0.15, -0.1) is 0 Å². The average Bonchev–Trinajstić information content (AvgIpc) is 2.35. The minimum absolute atomic E-state index is 0.489. The van der Waals surface area contributed by atoms with Crippen molar-refractivity contribution in [2.75, 3.05) is 5.32 Å². The largest absolute Gasteiger partial charge is 0.417 e. The molecule has 0 aliphatic heterocycles. The van der Waals surface area contributed by atoms with E-state index in [1.807, 2.05) is 6.07 Å². The molecule has 3 nitrogen and oxygen atoms in total. The van der Waals surface area contributed by atoms with Crippen LogP contribution in [0.4, 0.5) is 10.5 Å². The summed E-state index contributed by atoms with van der Waals surface area (Å²) in [4.78, 5) is 11.6. The number of anilines is 1. The summed E-state index contributed by atoms with van der Waals surface area (Å²) in [6.07, 6.45) is -0.546. The van der Waals surface area contributed by atoms with Crippen LogP contribution in [0.25, 0.3) is 0 Å². The van der Waals surface area contributed by atoms with Crippen molar-refractivity contribution < 1.29 is 9.53 Å². The van der Waals surface area contributed by atoms with Crippen LogP contribution in [0.3, 0.4) is 0 Å². The molecule has 18 heavy (non-hydrogen) atoms. The number of halogens is 2. The second-order valence-corrected chi connectivity index (χ2v) is 4.72. The molecule has 0 heterocycles. The van der Waals surface area contributed by atoms with Gasteiger partial charge in [-0.1, -0.05) is 29.8 Å². The SMILES string of the molecule is O=C(Nc1ccc(Cl)c(Br)c1)Oc1ccccc1. The van der Waals surface area contributed by atoms with Crippen LogP contribution in [0.2, 0.25) is 5.02 Å². The highest BCUT2D eigenvalue weighted by Gasteiger charge is 2.06. The van der Waals surface area contributed by atoms with Gasteiger partial charge in [-0.25, -0.2) is 4.79 Å². The first-order valence-corrected chi connectivity index (χ1v) is 6.31. The molecule has 2 aromatic carbocycles. The van der Waals surface area contributed by atoms with E-state index >= 15 is 0 Å². The predicted octanol–water partition coefficient (Wildman–Crippen LogP) is 4.71. The molecule has 5 heteroatoms. The second-order valence-electron chi connectivity index (χ2n) is 3.46. The quantitative estimate of drug-likeness (QED) is 0.867. The molecule has 0 fully saturated rings. The molecule has 0 bridgehead atoms. The van der Waals surface area contributed by atoms with Crippen LogP contribution < -0.4 is 10.1 Å². The molecule has 0 spiro atoms. The maximum atomic E-state index is 11.6. The van der Waals surface area contributed by atoms with E-state index in [-0.39, 0.29) is 0 Å². The summed E-state index contributed by atoms with van der Waals surface area (Å²) in [7, 11) is 0. The minimum Gasteiger partial charge on any atom is -0.410 e. The van der Waals surface area contributed by atoms with Crippen molar-refractivity contribution in [2.24, 2.45) is 0 Å². The molecule has 0 aliphatic carbocycles. The van der Waals surface area contributed by atoms with Crippen LogP contribution in [0.1, 0.15) is 0 Å². The second kappa shape index (κ2) is 5.89. The lowest BCUT2D eigenvalue weighted by atomic mass is 10.3. The fourth-order valence-corrected chi connectivity index (χ4v) is 1.81. The Balaban J connectivity index is 2.01. The summed E-state index contributed by atoms with van der Waals surface area (Å²) in [6.45, 7) is 0. The van der Waals surface area contributed by atoms with E-state index in [1.54, 1.807) is 42.5 Å². The standard InChI is InChI=1S/C13H9BrClNO2/c14-11-8-9(6-7-12(11)15)16-13(17)18-10-4-2-1-3-5-10/h1-8H,(H,16,17). The summed E-state index contributed by atoms with van der Waals surface area (Å²) < 4.78 is 5.80. The van der Waals surface area contributed by atoms with Gasteiger partial charge in [0, 0.05) is 10.2 Å². The molecule has 1 amide bonds. The maximum Gasteiger partial charge on any atom is 0.417 e. The number of carbonyl (C=O) groups is 1. The summed E-state index contributed by atoms with van der Waals surface area (Å²) in [6, 6.07) is 13.9. The van der Waals surface area contributed by atoms with Gasteiger partial charge in [-0.2, -0.15) is 0 Å². The third-order valence-electron chi connectivity index (χ3n) is 2.12. The Labute approximate surface area is 118 Å². The van der Waals surface area contributed by atoms with E-state index in [9.17, 15) is 4.79 Å². The number of nitrogens with one attached hydrogen (secondary N) is 1. The van der Waals surface area contributed by atoms with Gasteiger partial charge >= 0.3 is 6.09 Å². The van der Waals surface area contributed by atoms with Gasteiger partial charge in [-0.05, 0) is 46.3 Å². The van der Waals surface area contributed by atoms with Gasteiger partial charge in [0.1, 0.15) is 5.75 Å². The van der Waals surface area contributed by atoms with Gasteiger partial charge in [0.05, 0.1) is 5.02 Å². The Hall–Kier alpha value is -1.52. The number of hydrogen-bond donors (Lipinski definition) is 1. The van der Waals surface area contributed by atoms with E-state index in [1.165, 1.54) is 0 Å². The van der Waals surface area contributed by atoms with Gasteiger partial charge < -0.3 is 4.74 Å². The maximum absolute atomic E-state index is 11.6. The van der Waals surface area contributed by atoms with Crippen molar-refractivity contribution in [2.45, 2.75) is 0 Å². The summed E-state index contributed by atoms with van der Waals surface area (Å²) in [5, 5.41) is 3.19. The summed E-state index contributed by atoms with van der Waals surface area (Å²) >= 11 is 9.13. The number of amides is 1. The monoisotopic (exact) mass is 325 g/mol. The molecule has 1 N–H and O–H groups in total. The lowest BCUT2D eigenvalue weighted by Gasteiger charge is -2.07. The fraction of sp³-hybridized carbons (Fsp3) is 0. The number of carbonyl (C=O) groups excluding carboxylic acids is 1. The highest BCUT2D eigenvalue weighted by molar-refractivity contribution is 9.10. The first-order valence-electron chi connectivity index (χ1n) is 5.14. The lowest BCUT2D eigenvalue weighted by Crippen LogP contribution is -2.16. The Kier molecular flexibility index (Phi) is 4.23. The summed E-state index contributed by atoms with van der Waals surface area (Å²) in [5.41, 5.74) is 0.604. The lowest BCUT2D eigenvalue weighted by molar-refractivity contribution is 0.215. The average molecular weight is 327 g/mol. The van der Waals surface area contributed by atoms with Gasteiger partial charge in [-0.3, -0.25) is 5.32 Å². The van der Waals surface area contributed by atoms with Crippen molar-refractivity contribution in [3.05, 3.63) is 58.0 Å². The van der Waals surface area contributed by atoms with Gasteiger partial charge in [0.25, 0.3) is 0 Å². The number of benzene rings is 2. The van der Waals surface area contributed by atoms with Crippen molar-refractivity contribution in [3.8, 4) is 5.75 Å². The molecular weight excluding hydrogens is 318 g/mol.